The third-order valence-electron chi connectivity index (χ3n) is 2.28. The minimum absolute atomic E-state index is 0.407. The molecular formula is C10H20N2OS. The van der Waals surface area contributed by atoms with Gasteiger partial charge in [0.1, 0.15) is 0 Å². The van der Waals surface area contributed by atoms with Crippen LogP contribution in [0, 0.1) is 5.92 Å². The van der Waals surface area contributed by atoms with Gasteiger partial charge in [-0.25, -0.2) is 0 Å². The minimum atomic E-state index is 0.407. The summed E-state index contributed by atoms with van der Waals surface area (Å²) in [5.41, 5.74) is 0. The van der Waals surface area contributed by atoms with Crippen molar-refractivity contribution in [1.29, 1.82) is 0 Å². The van der Waals surface area contributed by atoms with Gasteiger partial charge in [0.25, 0.3) is 0 Å². The van der Waals surface area contributed by atoms with Gasteiger partial charge in [0.15, 0.2) is 5.11 Å². The second kappa shape index (κ2) is 6.19. The van der Waals surface area contributed by atoms with Crippen molar-refractivity contribution in [2.45, 2.75) is 32.7 Å². The number of rotatable bonds is 4. The molecule has 1 heterocycles. The first kappa shape index (κ1) is 11.7. The lowest BCUT2D eigenvalue weighted by atomic mass is 10.1. The van der Waals surface area contributed by atoms with Crippen molar-refractivity contribution in [2.75, 3.05) is 19.8 Å². The highest BCUT2D eigenvalue weighted by Crippen LogP contribution is 2.14. The predicted octanol–water partition coefficient (Wildman–Crippen LogP) is 1.29. The molecule has 1 rings (SSSR count). The van der Waals surface area contributed by atoms with Crippen molar-refractivity contribution < 1.29 is 4.74 Å². The quantitative estimate of drug-likeness (QED) is 0.694. The maximum atomic E-state index is 5.30. The average molecular weight is 216 g/mol. The van der Waals surface area contributed by atoms with E-state index in [0.717, 1.165) is 37.2 Å². The third kappa shape index (κ3) is 4.77. The van der Waals surface area contributed by atoms with Crippen LogP contribution >= 0.6 is 12.2 Å². The van der Waals surface area contributed by atoms with Crippen molar-refractivity contribution >= 4 is 17.3 Å². The zero-order valence-electron chi connectivity index (χ0n) is 9.01. The molecule has 82 valence electrons. The monoisotopic (exact) mass is 216 g/mol. The summed E-state index contributed by atoms with van der Waals surface area (Å²) in [6.07, 6.45) is 2.35. The van der Waals surface area contributed by atoms with E-state index in [1.54, 1.807) is 0 Å². The molecule has 1 aliphatic heterocycles. The smallest absolute Gasteiger partial charge is 0.166 e. The lowest BCUT2D eigenvalue weighted by Gasteiger charge is -2.14. The van der Waals surface area contributed by atoms with E-state index in [9.17, 15) is 0 Å². The first-order chi connectivity index (χ1) is 6.68. The van der Waals surface area contributed by atoms with Crippen LogP contribution in [0.1, 0.15) is 26.7 Å². The Kier molecular flexibility index (Phi) is 5.19. The Morgan fingerprint density at radius 1 is 1.57 bits per heavy atom. The molecule has 0 saturated carbocycles. The zero-order chi connectivity index (χ0) is 10.4. The van der Waals surface area contributed by atoms with Crippen molar-refractivity contribution in [3.05, 3.63) is 0 Å². The minimum Gasteiger partial charge on any atom is -0.381 e. The fourth-order valence-corrected chi connectivity index (χ4v) is 1.85. The van der Waals surface area contributed by atoms with Crippen LogP contribution in [-0.2, 0) is 4.74 Å². The van der Waals surface area contributed by atoms with Gasteiger partial charge in [0, 0.05) is 25.8 Å². The van der Waals surface area contributed by atoms with Crippen LogP contribution in [0.25, 0.3) is 0 Å². The van der Waals surface area contributed by atoms with Gasteiger partial charge in [-0.05, 0) is 44.8 Å². The van der Waals surface area contributed by atoms with Gasteiger partial charge < -0.3 is 15.4 Å². The lowest BCUT2D eigenvalue weighted by molar-refractivity contribution is 0.184. The highest BCUT2D eigenvalue weighted by atomic mass is 32.1. The maximum Gasteiger partial charge on any atom is 0.166 e. The van der Waals surface area contributed by atoms with Crippen LogP contribution in [0.15, 0.2) is 0 Å². The topological polar surface area (TPSA) is 33.3 Å². The van der Waals surface area contributed by atoms with Crippen LogP contribution in [0.2, 0.25) is 0 Å². The van der Waals surface area contributed by atoms with Gasteiger partial charge in [-0.2, -0.15) is 0 Å². The standard InChI is InChI=1S/C10H20N2OS/c1-8(2)12-10(14)11-5-3-9-4-6-13-7-9/h8-9H,3-7H2,1-2H3,(H2,11,12,14). The van der Waals surface area contributed by atoms with Crippen LogP contribution in [0.3, 0.4) is 0 Å². The second-order valence-corrected chi connectivity index (χ2v) is 4.48. The first-order valence-corrected chi connectivity index (χ1v) is 5.71. The molecule has 1 aliphatic rings. The average Bonchev–Trinajstić information content (AvgIpc) is 2.55. The van der Waals surface area contributed by atoms with Crippen molar-refractivity contribution in [3.8, 4) is 0 Å². The molecule has 0 radical (unpaired) electrons. The summed E-state index contributed by atoms with van der Waals surface area (Å²) in [5, 5.41) is 7.13. The molecule has 0 aliphatic carbocycles. The van der Waals surface area contributed by atoms with Crippen LogP contribution in [-0.4, -0.2) is 30.9 Å². The van der Waals surface area contributed by atoms with E-state index in [1.165, 1.54) is 6.42 Å². The van der Waals surface area contributed by atoms with E-state index in [2.05, 4.69) is 24.5 Å². The molecule has 1 fully saturated rings. The van der Waals surface area contributed by atoms with E-state index < -0.39 is 0 Å². The molecule has 0 bridgehead atoms. The lowest BCUT2D eigenvalue weighted by Crippen LogP contribution is -2.39. The first-order valence-electron chi connectivity index (χ1n) is 5.30. The summed E-state index contributed by atoms with van der Waals surface area (Å²) >= 11 is 5.12. The third-order valence-corrected chi connectivity index (χ3v) is 2.54. The summed E-state index contributed by atoms with van der Waals surface area (Å²) in [6.45, 7) is 6.97. The molecule has 2 N–H and O–H groups in total. The fraction of sp³-hybridized carbons (Fsp3) is 0.900. The van der Waals surface area contributed by atoms with Gasteiger partial charge in [0.05, 0.1) is 0 Å². The molecule has 4 heteroatoms. The Labute approximate surface area is 91.6 Å². The van der Waals surface area contributed by atoms with E-state index in [1.807, 2.05) is 0 Å². The Balaban J connectivity index is 1.99. The largest absolute Gasteiger partial charge is 0.381 e. The van der Waals surface area contributed by atoms with Crippen molar-refractivity contribution in [2.24, 2.45) is 5.92 Å². The van der Waals surface area contributed by atoms with E-state index >= 15 is 0 Å². The van der Waals surface area contributed by atoms with E-state index in [4.69, 9.17) is 17.0 Å². The number of hydrogen-bond donors (Lipinski definition) is 2. The molecule has 0 spiro atoms. The molecule has 14 heavy (non-hydrogen) atoms. The van der Waals surface area contributed by atoms with Crippen LogP contribution in [0.5, 0.6) is 0 Å². The Hall–Kier alpha value is -0.350. The van der Waals surface area contributed by atoms with Crippen molar-refractivity contribution in [3.63, 3.8) is 0 Å². The van der Waals surface area contributed by atoms with Crippen LogP contribution < -0.4 is 10.6 Å². The molecule has 0 aromatic carbocycles. The number of nitrogens with one attached hydrogen (secondary N) is 2. The number of thiocarbonyl (C=S) groups is 1. The van der Waals surface area contributed by atoms with Gasteiger partial charge in [-0.3, -0.25) is 0 Å². The summed E-state index contributed by atoms with van der Waals surface area (Å²) in [4.78, 5) is 0. The normalized spacial score (nSPS) is 21.2. The molecule has 0 aromatic heterocycles. The highest BCUT2D eigenvalue weighted by Gasteiger charge is 2.14. The van der Waals surface area contributed by atoms with Gasteiger partial charge in [-0.15, -0.1) is 0 Å². The summed E-state index contributed by atoms with van der Waals surface area (Å²) in [6, 6.07) is 0.407. The Morgan fingerprint density at radius 3 is 2.93 bits per heavy atom. The van der Waals surface area contributed by atoms with Gasteiger partial charge in [-0.1, -0.05) is 0 Å². The molecule has 0 aromatic rings. The Morgan fingerprint density at radius 2 is 2.36 bits per heavy atom. The molecule has 1 saturated heterocycles. The second-order valence-electron chi connectivity index (χ2n) is 4.07. The summed E-state index contributed by atoms with van der Waals surface area (Å²) < 4.78 is 5.30. The fourth-order valence-electron chi connectivity index (χ4n) is 1.51. The highest BCUT2D eigenvalue weighted by molar-refractivity contribution is 7.80. The number of hydrogen-bond acceptors (Lipinski definition) is 2. The molecule has 1 atom stereocenters. The van der Waals surface area contributed by atoms with E-state index in [0.29, 0.717) is 6.04 Å². The maximum absolute atomic E-state index is 5.30. The molecule has 0 amide bonds. The molecule has 1 unspecified atom stereocenters. The summed E-state index contributed by atoms with van der Waals surface area (Å²) in [7, 11) is 0. The number of ether oxygens (including phenoxy) is 1. The molecular weight excluding hydrogens is 196 g/mol. The van der Waals surface area contributed by atoms with Gasteiger partial charge in [0.2, 0.25) is 0 Å². The Bertz CT molecular complexity index is 179. The van der Waals surface area contributed by atoms with Crippen LogP contribution in [0.4, 0.5) is 0 Å². The molecule has 3 nitrogen and oxygen atoms in total. The zero-order valence-corrected chi connectivity index (χ0v) is 9.82. The predicted molar refractivity (Wildman–Crippen MR) is 62.4 cm³/mol. The van der Waals surface area contributed by atoms with Crippen molar-refractivity contribution in [1.82, 2.24) is 10.6 Å². The summed E-state index contributed by atoms with van der Waals surface area (Å²) in [5.74, 6) is 0.726. The van der Waals surface area contributed by atoms with E-state index in [-0.39, 0.29) is 0 Å². The van der Waals surface area contributed by atoms with Gasteiger partial charge >= 0.3 is 0 Å². The SMILES string of the molecule is CC(C)NC(=S)NCCC1CCOC1.